The maximum atomic E-state index is 14.4. The normalized spacial score (nSPS) is 12.3. The molecule has 1 amide bonds. The van der Waals surface area contributed by atoms with E-state index < -0.39 is 42.2 Å². The molecule has 5 N–H and O–H groups in total. The number of methoxy groups -OCH3 is 1. The number of alkyl halides is 3. The molecule has 0 saturated heterocycles. The van der Waals surface area contributed by atoms with E-state index in [9.17, 15) is 22.4 Å². The van der Waals surface area contributed by atoms with Crippen LogP contribution in [0.25, 0.3) is 5.95 Å². The van der Waals surface area contributed by atoms with E-state index in [1.54, 1.807) is 43.4 Å². The van der Waals surface area contributed by atoms with Gasteiger partial charge >= 0.3 is 6.18 Å². The van der Waals surface area contributed by atoms with E-state index in [1.165, 1.54) is 7.11 Å². The van der Waals surface area contributed by atoms with Crippen LogP contribution in [0.4, 0.5) is 41.0 Å². The third kappa shape index (κ3) is 6.68. The minimum Gasteiger partial charge on any atom is -0.497 e. The van der Waals surface area contributed by atoms with Crippen molar-refractivity contribution in [3.05, 3.63) is 36.3 Å². The molecule has 0 bridgehead atoms. The molecule has 0 aliphatic carbocycles. The first-order valence-electron chi connectivity index (χ1n) is 10.2. The second-order valence-corrected chi connectivity index (χ2v) is 7.62. The number of nitrogens with two attached hydrogens (primary N) is 1. The van der Waals surface area contributed by atoms with Crippen LogP contribution in [0.3, 0.4) is 0 Å². The van der Waals surface area contributed by atoms with Gasteiger partial charge in [0.2, 0.25) is 17.8 Å². The predicted octanol–water partition coefficient (Wildman–Crippen LogP) is 2.65. The maximum Gasteiger partial charge on any atom is 0.405 e. The number of ether oxygens (including phenoxy) is 1. The number of hydrogen-bond acceptors (Lipinski definition) is 9. The number of rotatable bonds is 9. The Morgan fingerprint density at radius 3 is 2.49 bits per heavy atom. The lowest BCUT2D eigenvalue weighted by molar-refractivity contribution is -0.139. The van der Waals surface area contributed by atoms with Crippen LogP contribution < -0.4 is 26.4 Å². The van der Waals surface area contributed by atoms with Crippen LogP contribution in [-0.2, 0) is 4.79 Å². The predicted molar refractivity (Wildman–Crippen MR) is 119 cm³/mol. The summed E-state index contributed by atoms with van der Waals surface area (Å²) in [4.78, 5) is 24.2. The van der Waals surface area contributed by atoms with Crippen molar-refractivity contribution in [2.45, 2.75) is 26.1 Å². The molecule has 1 atom stereocenters. The first-order valence-corrected chi connectivity index (χ1v) is 10.2. The average Bonchev–Trinajstić information content (AvgIpc) is 3.16. The summed E-state index contributed by atoms with van der Waals surface area (Å²) >= 11 is 0. The van der Waals surface area contributed by atoms with Gasteiger partial charge in [-0.1, -0.05) is 13.8 Å². The van der Waals surface area contributed by atoms with Gasteiger partial charge in [0, 0.05) is 5.69 Å². The Morgan fingerprint density at radius 2 is 1.89 bits per heavy atom. The standard InChI is InChI=1S/C20H23F4N9O2/c1-10(2)14(16(34)27-9-20(22,23)24)29-15-13(21)8-26-19(30-15)33-17(25)31-18(32-33)28-11-4-6-12(35-3)7-5-11/h4-8,10,14H,9H2,1-3H3,(H,27,34)(H,26,29,30)(H3,25,28,31,32)/t14-/m1/s1. The summed E-state index contributed by atoms with van der Waals surface area (Å²) in [5.74, 6) is -2.38. The number of hydrogen-bond donors (Lipinski definition) is 4. The Kier molecular flexibility index (Phi) is 7.56. The van der Waals surface area contributed by atoms with Gasteiger partial charge in [0.15, 0.2) is 11.6 Å². The van der Waals surface area contributed by atoms with Crippen LogP contribution in [0.15, 0.2) is 30.5 Å². The monoisotopic (exact) mass is 497 g/mol. The molecule has 3 aromatic rings. The molecule has 2 heterocycles. The number of anilines is 4. The van der Waals surface area contributed by atoms with Crippen LogP contribution in [-0.4, -0.2) is 56.5 Å². The first-order chi connectivity index (χ1) is 16.5. The molecule has 1 aromatic carbocycles. The third-order valence-electron chi connectivity index (χ3n) is 4.60. The number of halogens is 4. The van der Waals surface area contributed by atoms with Gasteiger partial charge in [-0.05, 0) is 30.2 Å². The Hall–Kier alpha value is -4.17. The fourth-order valence-corrected chi connectivity index (χ4v) is 2.87. The van der Waals surface area contributed by atoms with E-state index in [2.05, 4.69) is 30.7 Å². The molecule has 0 saturated carbocycles. The number of nitrogens with zero attached hydrogens (tertiary/aromatic N) is 5. The van der Waals surface area contributed by atoms with Gasteiger partial charge < -0.3 is 26.4 Å². The van der Waals surface area contributed by atoms with E-state index in [-0.39, 0.29) is 17.8 Å². The zero-order valence-electron chi connectivity index (χ0n) is 18.9. The van der Waals surface area contributed by atoms with Gasteiger partial charge in [-0.25, -0.2) is 9.37 Å². The summed E-state index contributed by atoms with van der Waals surface area (Å²) in [6.45, 7) is 1.64. The highest BCUT2D eigenvalue weighted by molar-refractivity contribution is 5.84. The smallest absolute Gasteiger partial charge is 0.405 e. The molecule has 0 fully saturated rings. The quantitative estimate of drug-likeness (QED) is 0.328. The summed E-state index contributed by atoms with van der Waals surface area (Å²) in [5.41, 5.74) is 6.54. The minimum atomic E-state index is -4.59. The largest absolute Gasteiger partial charge is 0.497 e. The van der Waals surface area contributed by atoms with Gasteiger partial charge in [0.05, 0.1) is 13.3 Å². The highest BCUT2D eigenvalue weighted by Gasteiger charge is 2.31. The van der Waals surface area contributed by atoms with E-state index >= 15 is 0 Å². The zero-order valence-corrected chi connectivity index (χ0v) is 18.9. The molecule has 0 spiro atoms. The van der Waals surface area contributed by atoms with Gasteiger partial charge in [-0.3, -0.25) is 4.79 Å². The molecular weight excluding hydrogens is 474 g/mol. The SMILES string of the molecule is COc1ccc(Nc2nc(N)n(-c3ncc(F)c(N[C@@H](C(=O)NCC(F)(F)F)C(C)C)n3)n2)cc1. The van der Waals surface area contributed by atoms with Crippen LogP contribution in [0.1, 0.15) is 13.8 Å². The van der Waals surface area contributed by atoms with Crippen LogP contribution in [0.2, 0.25) is 0 Å². The molecule has 35 heavy (non-hydrogen) atoms. The highest BCUT2D eigenvalue weighted by Crippen LogP contribution is 2.21. The lowest BCUT2D eigenvalue weighted by Gasteiger charge is -2.23. The lowest BCUT2D eigenvalue weighted by Crippen LogP contribution is -2.46. The second kappa shape index (κ2) is 10.4. The van der Waals surface area contributed by atoms with Crippen molar-refractivity contribution in [1.82, 2.24) is 30.0 Å². The van der Waals surface area contributed by atoms with Crippen molar-refractivity contribution >= 4 is 29.3 Å². The number of benzene rings is 1. The summed E-state index contributed by atoms with van der Waals surface area (Å²) in [5, 5.41) is 11.4. The number of nitrogens with one attached hydrogen (secondary N) is 3. The Balaban J connectivity index is 1.81. The molecule has 15 heteroatoms. The third-order valence-corrected chi connectivity index (χ3v) is 4.60. The molecule has 3 rings (SSSR count). The Morgan fingerprint density at radius 1 is 1.20 bits per heavy atom. The van der Waals surface area contributed by atoms with E-state index in [4.69, 9.17) is 10.5 Å². The van der Waals surface area contributed by atoms with E-state index in [0.29, 0.717) is 11.4 Å². The fourth-order valence-electron chi connectivity index (χ4n) is 2.87. The zero-order chi connectivity index (χ0) is 25.8. The molecule has 0 radical (unpaired) electrons. The number of carbonyl (C=O) groups excluding carboxylic acids is 1. The summed E-state index contributed by atoms with van der Waals surface area (Å²) in [6, 6.07) is 5.68. The lowest BCUT2D eigenvalue weighted by atomic mass is 10.0. The number of nitrogen functional groups attached to an aromatic ring is 1. The average molecular weight is 497 g/mol. The molecule has 0 aliphatic rings. The van der Waals surface area contributed by atoms with Gasteiger partial charge in [-0.15, -0.1) is 5.10 Å². The van der Waals surface area contributed by atoms with Crippen molar-refractivity contribution in [2.75, 3.05) is 30.0 Å². The molecule has 0 aliphatic heterocycles. The first kappa shape index (κ1) is 25.5. The number of carbonyl (C=O) groups is 1. The molecule has 2 aromatic heterocycles. The number of amides is 1. The summed E-state index contributed by atoms with van der Waals surface area (Å²) < 4.78 is 57.9. The van der Waals surface area contributed by atoms with Crippen LogP contribution >= 0.6 is 0 Å². The molecule has 0 unspecified atom stereocenters. The van der Waals surface area contributed by atoms with Crippen molar-refractivity contribution in [3.63, 3.8) is 0 Å². The second-order valence-electron chi connectivity index (χ2n) is 7.62. The van der Waals surface area contributed by atoms with Gasteiger partial charge in [0.25, 0.3) is 5.95 Å². The summed E-state index contributed by atoms with van der Waals surface area (Å²) in [7, 11) is 1.54. The van der Waals surface area contributed by atoms with Crippen molar-refractivity contribution in [2.24, 2.45) is 5.92 Å². The van der Waals surface area contributed by atoms with Gasteiger partial charge in [0.1, 0.15) is 18.3 Å². The van der Waals surface area contributed by atoms with E-state index in [1.807, 2.05) is 0 Å². The molecule has 188 valence electrons. The van der Waals surface area contributed by atoms with Gasteiger partial charge in [-0.2, -0.15) is 27.8 Å². The van der Waals surface area contributed by atoms with Crippen LogP contribution in [0.5, 0.6) is 5.75 Å². The van der Waals surface area contributed by atoms with Crippen molar-refractivity contribution in [1.29, 1.82) is 0 Å². The summed E-state index contributed by atoms with van der Waals surface area (Å²) in [6.07, 6.45) is -3.78. The van der Waals surface area contributed by atoms with E-state index in [0.717, 1.165) is 10.9 Å². The Labute approximate surface area is 197 Å². The minimum absolute atomic E-state index is 0.0988. The topological polar surface area (TPSA) is 145 Å². The molecule has 11 nitrogen and oxygen atoms in total. The highest BCUT2D eigenvalue weighted by atomic mass is 19.4. The van der Waals surface area contributed by atoms with Crippen molar-refractivity contribution < 1.29 is 27.1 Å². The fraction of sp³-hybridized carbons (Fsp3) is 0.350. The molecular formula is C20H23F4N9O2. The van der Waals surface area contributed by atoms with Crippen molar-refractivity contribution in [3.8, 4) is 11.7 Å². The Bertz CT molecular complexity index is 1170. The van der Waals surface area contributed by atoms with Crippen LogP contribution in [0, 0.1) is 11.7 Å². The number of aromatic nitrogens is 5. The maximum absolute atomic E-state index is 14.4.